The number of urea groups is 1. The highest BCUT2D eigenvalue weighted by Gasteiger charge is 2.26. The first kappa shape index (κ1) is 19.1. The third-order valence-electron chi connectivity index (χ3n) is 3.22. The summed E-state index contributed by atoms with van der Waals surface area (Å²) in [5.74, 6) is 0.495. The Labute approximate surface area is 153 Å². The van der Waals surface area contributed by atoms with Crippen LogP contribution in [0.5, 0.6) is 5.75 Å². The normalized spacial score (nSPS) is 12.0. The van der Waals surface area contributed by atoms with E-state index in [-0.39, 0.29) is 5.92 Å². The van der Waals surface area contributed by atoms with Crippen molar-refractivity contribution in [3.05, 3.63) is 23.2 Å². The minimum atomic E-state index is -0.893. The average Bonchev–Trinajstić information content (AvgIpc) is 3.00. The lowest BCUT2D eigenvalue weighted by atomic mass is 10.1. The molecule has 0 spiro atoms. The third-order valence-corrected chi connectivity index (χ3v) is 4.87. The molecule has 0 aliphatic carbocycles. The number of benzene rings is 1. The molecule has 0 aliphatic heterocycles. The molecule has 2 rings (SSSR count). The quantitative estimate of drug-likeness (QED) is 0.658. The number of halogens is 1. The van der Waals surface area contributed by atoms with Gasteiger partial charge in [0.1, 0.15) is 5.75 Å². The van der Waals surface area contributed by atoms with Gasteiger partial charge in [-0.2, -0.15) is 0 Å². The lowest BCUT2D eigenvalue weighted by Crippen LogP contribution is -2.42. The van der Waals surface area contributed by atoms with Crippen molar-refractivity contribution in [1.82, 2.24) is 20.5 Å². The molecule has 4 N–H and O–H groups in total. The molecule has 8 nitrogen and oxygen atoms in total. The van der Waals surface area contributed by atoms with Gasteiger partial charge in [-0.25, -0.2) is 9.78 Å². The van der Waals surface area contributed by atoms with E-state index in [9.17, 15) is 9.59 Å². The fraction of sp³-hybridized carbons (Fsp3) is 0.333. The molecular weight excluding hydrogens is 366 g/mol. The van der Waals surface area contributed by atoms with Gasteiger partial charge in [0.15, 0.2) is 5.82 Å². The summed E-state index contributed by atoms with van der Waals surface area (Å²) in [5, 5.41) is 9.32. The van der Waals surface area contributed by atoms with E-state index < -0.39 is 17.2 Å². The minimum absolute atomic E-state index is 0.0630. The van der Waals surface area contributed by atoms with Crippen LogP contribution in [0.25, 0.3) is 11.4 Å². The summed E-state index contributed by atoms with van der Waals surface area (Å²) in [4.78, 5) is 27.4. The summed E-state index contributed by atoms with van der Waals surface area (Å²) >= 11 is 7.16. The van der Waals surface area contributed by atoms with Gasteiger partial charge in [0, 0.05) is 5.02 Å². The van der Waals surface area contributed by atoms with Crippen molar-refractivity contribution in [2.75, 3.05) is 7.11 Å². The van der Waals surface area contributed by atoms with Crippen LogP contribution in [0.1, 0.15) is 13.8 Å². The number of rotatable bonds is 6. The number of amides is 3. The van der Waals surface area contributed by atoms with E-state index in [0.717, 1.165) is 11.8 Å². The number of aromatic amines is 1. The van der Waals surface area contributed by atoms with E-state index in [2.05, 4.69) is 20.5 Å². The van der Waals surface area contributed by atoms with Gasteiger partial charge in [-0.05, 0) is 24.1 Å². The number of imide groups is 1. The summed E-state index contributed by atoms with van der Waals surface area (Å²) in [7, 11) is 1.54. The van der Waals surface area contributed by atoms with Gasteiger partial charge in [-0.15, -0.1) is 5.10 Å². The Bertz CT molecular complexity index is 780. The van der Waals surface area contributed by atoms with Crippen LogP contribution in [0, 0.1) is 5.92 Å². The Balaban J connectivity index is 2.24. The number of carbonyl (C=O) groups excluding carboxylic acids is 2. The van der Waals surface area contributed by atoms with E-state index in [1.807, 2.05) is 13.8 Å². The number of ether oxygens (including phenoxy) is 1. The molecule has 3 amide bonds. The molecule has 2 aromatic rings. The van der Waals surface area contributed by atoms with E-state index in [1.165, 1.54) is 0 Å². The highest BCUT2D eigenvalue weighted by Crippen LogP contribution is 2.32. The predicted molar refractivity (Wildman–Crippen MR) is 95.6 cm³/mol. The first-order valence-electron chi connectivity index (χ1n) is 7.35. The predicted octanol–water partition coefficient (Wildman–Crippen LogP) is 2.45. The molecule has 1 heterocycles. The zero-order valence-electron chi connectivity index (χ0n) is 13.9. The number of primary amides is 1. The maximum absolute atomic E-state index is 12.1. The van der Waals surface area contributed by atoms with Gasteiger partial charge < -0.3 is 10.5 Å². The Hall–Kier alpha value is -2.26. The number of nitrogens with two attached hydrogens (primary N) is 1. The lowest BCUT2D eigenvalue weighted by molar-refractivity contribution is -0.120. The maximum Gasteiger partial charge on any atom is 0.318 e. The van der Waals surface area contributed by atoms with Crippen LogP contribution in [-0.2, 0) is 4.79 Å². The molecule has 0 bridgehead atoms. The molecule has 1 aromatic heterocycles. The number of nitrogens with one attached hydrogen (secondary N) is 2. The van der Waals surface area contributed by atoms with Gasteiger partial charge in [0.05, 0.1) is 17.9 Å². The number of carbonyl (C=O) groups is 2. The second-order valence-electron chi connectivity index (χ2n) is 5.45. The molecule has 25 heavy (non-hydrogen) atoms. The summed E-state index contributed by atoms with van der Waals surface area (Å²) < 4.78 is 5.30. The lowest BCUT2D eigenvalue weighted by Gasteiger charge is -2.16. The van der Waals surface area contributed by atoms with Crippen LogP contribution < -0.4 is 15.8 Å². The summed E-state index contributed by atoms with van der Waals surface area (Å²) in [5.41, 5.74) is 5.66. The highest BCUT2D eigenvalue weighted by atomic mass is 35.5. The summed E-state index contributed by atoms with van der Waals surface area (Å²) in [6.07, 6.45) is 0. The molecule has 10 heteroatoms. The van der Waals surface area contributed by atoms with Crippen LogP contribution in [0.3, 0.4) is 0 Å². The van der Waals surface area contributed by atoms with Crippen LogP contribution in [0.4, 0.5) is 4.79 Å². The van der Waals surface area contributed by atoms with E-state index in [0.29, 0.717) is 27.3 Å². The molecule has 0 unspecified atom stereocenters. The topological polar surface area (TPSA) is 123 Å². The highest BCUT2D eigenvalue weighted by molar-refractivity contribution is 8.00. The van der Waals surface area contributed by atoms with Crippen molar-refractivity contribution in [3.8, 4) is 17.1 Å². The largest absolute Gasteiger partial charge is 0.496 e. The molecule has 0 fully saturated rings. The number of H-pyrrole nitrogens is 1. The summed E-state index contributed by atoms with van der Waals surface area (Å²) in [6.45, 7) is 3.71. The van der Waals surface area contributed by atoms with Crippen molar-refractivity contribution in [2.45, 2.75) is 24.3 Å². The van der Waals surface area contributed by atoms with Crippen LogP contribution in [0.15, 0.2) is 23.4 Å². The zero-order chi connectivity index (χ0) is 18.6. The monoisotopic (exact) mass is 383 g/mol. The Morgan fingerprint density at radius 1 is 1.40 bits per heavy atom. The van der Waals surface area contributed by atoms with Gasteiger partial charge in [0.25, 0.3) is 0 Å². The summed E-state index contributed by atoms with van der Waals surface area (Å²) in [6, 6.07) is 4.24. The van der Waals surface area contributed by atoms with E-state index in [4.69, 9.17) is 22.1 Å². The van der Waals surface area contributed by atoms with Crippen LogP contribution in [-0.4, -0.2) is 39.5 Å². The molecule has 1 aromatic carbocycles. The molecule has 134 valence electrons. The standard InChI is InChI=1S/C15H18ClN5O3S/c1-7(2)11(13(22)19-14(17)23)25-15-18-12(20-21-15)9-6-8(16)4-5-10(9)24-3/h4-7,11H,1-3H3,(H,18,20,21)(H3,17,19,22,23)/t11-/m1/s1. The van der Waals surface area contributed by atoms with Crippen LogP contribution in [0.2, 0.25) is 5.02 Å². The number of nitrogens with zero attached hydrogens (tertiary/aromatic N) is 2. The molecule has 0 saturated heterocycles. The van der Waals surface area contributed by atoms with E-state index >= 15 is 0 Å². The van der Waals surface area contributed by atoms with Crippen molar-refractivity contribution in [1.29, 1.82) is 0 Å². The van der Waals surface area contributed by atoms with Crippen molar-refractivity contribution in [3.63, 3.8) is 0 Å². The van der Waals surface area contributed by atoms with Crippen LogP contribution >= 0.6 is 23.4 Å². The van der Waals surface area contributed by atoms with Gasteiger partial charge >= 0.3 is 6.03 Å². The number of thioether (sulfide) groups is 1. The number of aromatic nitrogens is 3. The fourth-order valence-electron chi connectivity index (χ4n) is 2.08. The van der Waals surface area contributed by atoms with Crippen molar-refractivity contribution in [2.24, 2.45) is 11.7 Å². The minimum Gasteiger partial charge on any atom is -0.496 e. The molecule has 0 saturated carbocycles. The average molecular weight is 384 g/mol. The smallest absolute Gasteiger partial charge is 0.318 e. The van der Waals surface area contributed by atoms with Gasteiger partial charge in [0.2, 0.25) is 11.1 Å². The Morgan fingerprint density at radius 2 is 2.12 bits per heavy atom. The zero-order valence-corrected chi connectivity index (χ0v) is 15.4. The number of hydrogen-bond donors (Lipinski definition) is 3. The van der Waals surface area contributed by atoms with Gasteiger partial charge in [-0.1, -0.05) is 37.2 Å². The Kier molecular flexibility index (Phi) is 6.27. The molecule has 1 atom stereocenters. The second-order valence-corrected chi connectivity index (χ2v) is 6.99. The van der Waals surface area contributed by atoms with Gasteiger partial charge in [-0.3, -0.25) is 15.2 Å². The first-order chi connectivity index (χ1) is 11.8. The van der Waals surface area contributed by atoms with E-state index in [1.54, 1.807) is 25.3 Å². The fourth-order valence-corrected chi connectivity index (χ4v) is 3.16. The number of methoxy groups -OCH3 is 1. The molecular formula is C15H18ClN5O3S. The molecule has 0 aliphatic rings. The van der Waals surface area contributed by atoms with Crippen molar-refractivity contribution < 1.29 is 14.3 Å². The number of hydrogen-bond acceptors (Lipinski definition) is 6. The SMILES string of the molecule is COc1ccc(Cl)cc1-c1nc(S[C@@H](C(=O)NC(N)=O)C(C)C)n[nH]1. The maximum atomic E-state index is 12.1. The third kappa shape index (κ3) is 4.86. The second kappa shape index (κ2) is 8.21. The van der Waals surface area contributed by atoms with Crippen molar-refractivity contribution >= 4 is 35.3 Å². The Morgan fingerprint density at radius 3 is 2.72 bits per heavy atom. The molecule has 0 radical (unpaired) electrons. The first-order valence-corrected chi connectivity index (χ1v) is 8.60.